The van der Waals surface area contributed by atoms with Crippen molar-refractivity contribution in [2.24, 2.45) is 0 Å². The van der Waals surface area contributed by atoms with Crippen molar-refractivity contribution in [3.8, 4) is 0 Å². The zero-order valence-corrected chi connectivity index (χ0v) is 13.0. The van der Waals surface area contributed by atoms with Crippen LogP contribution in [0.2, 0.25) is 0 Å². The lowest BCUT2D eigenvalue weighted by Crippen LogP contribution is -2.34. The van der Waals surface area contributed by atoms with Gasteiger partial charge < -0.3 is 14.8 Å². The summed E-state index contributed by atoms with van der Waals surface area (Å²) < 4.78 is 11.8. The Balaban J connectivity index is 1.77. The zero-order valence-electron chi connectivity index (χ0n) is 12.2. The topological polar surface area (TPSA) is 30.5 Å². The van der Waals surface area contributed by atoms with E-state index in [4.69, 9.17) is 9.47 Å². The Kier molecular flexibility index (Phi) is 3.25. The van der Waals surface area contributed by atoms with Crippen molar-refractivity contribution >= 4 is 17.0 Å². The van der Waals surface area contributed by atoms with Crippen molar-refractivity contribution in [1.82, 2.24) is 0 Å². The molecule has 3 atom stereocenters. The maximum absolute atomic E-state index is 5.89. The predicted octanol–water partition coefficient (Wildman–Crippen LogP) is 4.45. The van der Waals surface area contributed by atoms with Gasteiger partial charge in [0.1, 0.15) is 19.0 Å². The SMILES string of the molecule is CC(C)c1ccc2c(c1)[C@H]1OCO[C@H]1[C@H](c1ccsc1)N2. The third-order valence-electron chi connectivity index (χ3n) is 4.40. The summed E-state index contributed by atoms with van der Waals surface area (Å²) >= 11 is 1.72. The number of fused-ring (bicyclic) bond motifs is 3. The minimum atomic E-state index is 0.0323. The van der Waals surface area contributed by atoms with Gasteiger partial charge in [0.15, 0.2) is 0 Å². The molecule has 2 aromatic rings. The Labute approximate surface area is 128 Å². The first-order valence-electron chi connectivity index (χ1n) is 7.39. The molecule has 0 amide bonds. The van der Waals surface area contributed by atoms with Gasteiger partial charge in [-0.15, -0.1) is 0 Å². The Morgan fingerprint density at radius 1 is 1.24 bits per heavy atom. The van der Waals surface area contributed by atoms with E-state index in [0.29, 0.717) is 12.7 Å². The van der Waals surface area contributed by atoms with Crippen LogP contribution in [0.15, 0.2) is 35.0 Å². The summed E-state index contributed by atoms with van der Waals surface area (Å²) in [6.07, 6.45) is 0.0827. The van der Waals surface area contributed by atoms with Crippen molar-refractivity contribution in [3.05, 3.63) is 51.7 Å². The molecular formula is C17H19NO2S. The lowest BCUT2D eigenvalue weighted by Gasteiger charge is -2.35. The molecule has 21 heavy (non-hydrogen) atoms. The highest BCUT2D eigenvalue weighted by Crippen LogP contribution is 2.46. The lowest BCUT2D eigenvalue weighted by atomic mass is 9.87. The first-order valence-corrected chi connectivity index (χ1v) is 8.34. The molecular weight excluding hydrogens is 282 g/mol. The molecule has 1 N–H and O–H groups in total. The molecule has 4 rings (SSSR count). The minimum absolute atomic E-state index is 0.0323. The van der Waals surface area contributed by atoms with Crippen molar-refractivity contribution in [2.45, 2.75) is 38.0 Å². The molecule has 2 aliphatic heterocycles. The molecule has 0 spiro atoms. The standard InChI is InChI=1S/C17H19NO2S/c1-10(2)11-3-4-14-13(7-11)16-17(20-9-19-16)15(18-14)12-5-6-21-8-12/h3-8,10,15-18H,9H2,1-2H3/t15-,16+,17-/m0/s1. The number of rotatable bonds is 2. The fourth-order valence-electron chi connectivity index (χ4n) is 3.19. The Bertz CT molecular complexity index is 638. The Morgan fingerprint density at radius 3 is 2.90 bits per heavy atom. The predicted molar refractivity (Wildman–Crippen MR) is 84.8 cm³/mol. The molecule has 4 heteroatoms. The second-order valence-electron chi connectivity index (χ2n) is 6.02. The van der Waals surface area contributed by atoms with Gasteiger partial charge in [-0.25, -0.2) is 0 Å². The highest BCUT2D eigenvalue weighted by atomic mass is 32.1. The van der Waals surface area contributed by atoms with Crippen molar-refractivity contribution in [1.29, 1.82) is 0 Å². The summed E-state index contributed by atoms with van der Waals surface area (Å²) in [7, 11) is 0. The molecule has 1 aromatic heterocycles. The van der Waals surface area contributed by atoms with Crippen LogP contribution in [0.4, 0.5) is 5.69 Å². The van der Waals surface area contributed by atoms with Gasteiger partial charge in [0.05, 0.1) is 6.04 Å². The molecule has 0 bridgehead atoms. The third kappa shape index (κ3) is 2.18. The van der Waals surface area contributed by atoms with Gasteiger partial charge in [-0.05, 0) is 39.9 Å². The van der Waals surface area contributed by atoms with Crippen molar-refractivity contribution < 1.29 is 9.47 Å². The van der Waals surface area contributed by atoms with Crippen LogP contribution < -0.4 is 5.32 Å². The fraction of sp³-hybridized carbons (Fsp3) is 0.412. The van der Waals surface area contributed by atoms with E-state index in [0.717, 1.165) is 0 Å². The van der Waals surface area contributed by atoms with Crippen LogP contribution in [0.5, 0.6) is 0 Å². The van der Waals surface area contributed by atoms with Crippen LogP contribution in [0, 0.1) is 0 Å². The third-order valence-corrected chi connectivity index (χ3v) is 5.10. The maximum atomic E-state index is 5.89. The van der Waals surface area contributed by atoms with Crippen molar-refractivity contribution in [3.63, 3.8) is 0 Å². The summed E-state index contributed by atoms with van der Waals surface area (Å²) in [6, 6.07) is 8.98. The quantitative estimate of drug-likeness (QED) is 0.889. The molecule has 0 radical (unpaired) electrons. The molecule has 0 saturated carbocycles. The highest BCUT2D eigenvalue weighted by Gasteiger charge is 2.42. The van der Waals surface area contributed by atoms with Crippen LogP contribution >= 0.6 is 11.3 Å². The van der Waals surface area contributed by atoms with Crippen molar-refractivity contribution in [2.75, 3.05) is 12.1 Å². The number of nitrogens with one attached hydrogen (secondary N) is 1. The first kappa shape index (κ1) is 13.3. The van der Waals surface area contributed by atoms with Crippen LogP contribution in [-0.2, 0) is 9.47 Å². The second-order valence-corrected chi connectivity index (χ2v) is 6.80. The van der Waals surface area contributed by atoms with E-state index in [1.807, 2.05) is 0 Å². The van der Waals surface area contributed by atoms with Gasteiger partial charge in [0.2, 0.25) is 0 Å². The molecule has 2 aliphatic rings. The monoisotopic (exact) mass is 301 g/mol. The van der Waals surface area contributed by atoms with Gasteiger partial charge in [-0.1, -0.05) is 26.0 Å². The highest BCUT2D eigenvalue weighted by molar-refractivity contribution is 7.08. The Morgan fingerprint density at radius 2 is 2.14 bits per heavy atom. The van der Waals surface area contributed by atoms with Crippen LogP contribution in [-0.4, -0.2) is 12.9 Å². The van der Waals surface area contributed by atoms with Gasteiger partial charge in [-0.2, -0.15) is 11.3 Å². The average Bonchev–Trinajstić information content (AvgIpc) is 3.17. The summed E-state index contributed by atoms with van der Waals surface area (Å²) in [5.74, 6) is 0.519. The molecule has 1 fully saturated rings. The molecule has 1 aromatic carbocycles. The molecule has 110 valence electrons. The minimum Gasteiger partial charge on any atom is -0.375 e. The normalized spacial score (nSPS) is 27.3. The Hall–Kier alpha value is -1.36. The number of thiophene rings is 1. The van der Waals surface area contributed by atoms with Gasteiger partial charge in [0, 0.05) is 11.3 Å². The lowest BCUT2D eigenvalue weighted by molar-refractivity contribution is 0.0367. The van der Waals surface area contributed by atoms with Crippen LogP contribution in [0.3, 0.4) is 0 Å². The molecule has 1 saturated heterocycles. The fourth-order valence-corrected chi connectivity index (χ4v) is 3.89. The number of hydrogen-bond donors (Lipinski definition) is 1. The largest absolute Gasteiger partial charge is 0.375 e. The average molecular weight is 301 g/mol. The van der Waals surface area contributed by atoms with Gasteiger partial charge in [0.25, 0.3) is 0 Å². The smallest absolute Gasteiger partial charge is 0.148 e. The summed E-state index contributed by atoms with van der Waals surface area (Å²) in [5.41, 5.74) is 5.02. The van der Waals surface area contributed by atoms with E-state index in [1.54, 1.807) is 11.3 Å². The van der Waals surface area contributed by atoms with E-state index in [9.17, 15) is 0 Å². The van der Waals surface area contributed by atoms with E-state index in [2.05, 4.69) is 54.2 Å². The van der Waals surface area contributed by atoms with Gasteiger partial charge >= 0.3 is 0 Å². The molecule has 3 heterocycles. The van der Waals surface area contributed by atoms with E-state index < -0.39 is 0 Å². The molecule has 3 nitrogen and oxygen atoms in total. The maximum Gasteiger partial charge on any atom is 0.148 e. The van der Waals surface area contributed by atoms with E-state index in [1.165, 1.54) is 22.4 Å². The van der Waals surface area contributed by atoms with Gasteiger partial charge in [-0.3, -0.25) is 0 Å². The number of ether oxygens (including phenoxy) is 2. The number of benzene rings is 1. The number of hydrogen-bond acceptors (Lipinski definition) is 4. The zero-order chi connectivity index (χ0) is 14.4. The molecule has 0 unspecified atom stereocenters. The summed E-state index contributed by atoms with van der Waals surface area (Å²) in [4.78, 5) is 0. The van der Waals surface area contributed by atoms with E-state index in [-0.39, 0.29) is 18.2 Å². The summed E-state index contributed by atoms with van der Waals surface area (Å²) in [5, 5.41) is 7.93. The van der Waals surface area contributed by atoms with Crippen LogP contribution in [0.25, 0.3) is 0 Å². The van der Waals surface area contributed by atoms with Crippen LogP contribution in [0.1, 0.15) is 48.6 Å². The van der Waals surface area contributed by atoms with E-state index >= 15 is 0 Å². The first-order chi connectivity index (χ1) is 10.2. The summed E-state index contributed by atoms with van der Waals surface area (Å²) in [6.45, 7) is 4.81. The number of anilines is 1. The molecule has 0 aliphatic carbocycles. The second kappa shape index (κ2) is 5.13.